The lowest BCUT2D eigenvalue weighted by Gasteiger charge is -2.15. The summed E-state index contributed by atoms with van der Waals surface area (Å²) < 4.78 is 1.88. The number of nitrogens with zero attached hydrogens (tertiary/aromatic N) is 3. The monoisotopic (exact) mass is 213 g/mol. The summed E-state index contributed by atoms with van der Waals surface area (Å²) >= 11 is 0. The molecular formula is C9H19N5O. The molecule has 0 aromatic carbocycles. The van der Waals surface area contributed by atoms with Crippen LogP contribution in [0.5, 0.6) is 0 Å². The SMILES string of the molecule is CCNc1nnc(C(N)C(C)O)n1CC. The highest BCUT2D eigenvalue weighted by atomic mass is 16.3. The molecule has 1 rings (SSSR count). The standard InChI is InChI=1S/C9H19N5O/c1-4-11-9-13-12-8(14(9)5-2)7(10)6(3)15/h6-7,15H,4-5,10H2,1-3H3,(H,11,13). The molecule has 0 aliphatic carbocycles. The number of anilines is 1. The number of aromatic nitrogens is 3. The fourth-order valence-electron chi connectivity index (χ4n) is 1.38. The van der Waals surface area contributed by atoms with Crippen LogP contribution in [0.25, 0.3) is 0 Å². The van der Waals surface area contributed by atoms with E-state index in [1.54, 1.807) is 6.92 Å². The van der Waals surface area contributed by atoms with E-state index in [1.165, 1.54) is 0 Å². The van der Waals surface area contributed by atoms with Gasteiger partial charge in [-0.2, -0.15) is 0 Å². The third kappa shape index (κ3) is 2.45. The van der Waals surface area contributed by atoms with Crippen molar-refractivity contribution in [1.29, 1.82) is 0 Å². The van der Waals surface area contributed by atoms with Crippen molar-refractivity contribution in [3.63, 3.8) is 0 Å². The smallest absolute Gasteiger partial charge is 0.224 e. The Hall–Kier alpha value is -1.14. The van der Waals surface area contributed by atoms with Crippen molar-refractivity contribution in [2.45, 2.75) is 39.5 Å². The molecule has 0 aliphatic rings. The van der Waals surface area contributed by atoms with Crippen molar-refractivity contribution in [3.8, 4) is 0 Å². The summed E-state index contributed by atoms with van der Waals surface area (Å²) in [4.78, 5) is 0. The van der Waals surface area contributed by atoms with E-state index < -0.39 is 12.1 Å². The van der Waals surface area contributed by atoms with Gasteiger partial charge < -0.3 is 16.2 Å². The number of aliphatic hydroxyl groups is 1. The molecule has 0 spiro atoms. The van der Waals surface area contributed by atoms with Gasteiger partial charge in [0.2, 0.25) is 5.95 Å². The Bertz CT molecular complexity index is 309. The van der Waals surface area contributed by atoms with E-state index in [0.29, 0.717) is 11.8 Å². The Morgan fingerprint density at radius 3 is 2.60 bits per heavy atom. The second kappa shape index (κ2) is 5.09. The Morgan fingerprint density at radius 2 is 2.13 bits per heavy atom. The van der Waals surface area contributed by atoms with E-state index in [1.807, 2.05) is 18.4 Å². The van der Waals surface area contributed by atoms with Gasteiger partial charge in [0.1, 0.15) is 0 Å². The lowest BCUT2D eigenvalue weighted by molar-refractivity contribution is 0.158. The van der Waals surface area contributed by atoms with Crippen LogP contribution in [0.4, 0.5) is 5.95 Å². The zero-order valence-corrected chi connectivity index (χ0v) is 9.44. The fourth-order valence-corrected chi connectivity index (χ4v) is 1.38. The van der Waals surface area contributed by atoms with Crippen LogP contribution in [0.1, 0.15) is 32.6 Å². The van der Waals surface area contributed by atoms with Crippen molar-refractivity contribution in [2.24, 2.45) is 5.73 Å². The summed E-state index contributed by atoms with van der Waals surface area (Å²) in [6.45, 7) is 7.13. The molecule has 86 valence electrons. The molecular weight excluding hydrogens is 194 g/mol. The molecule has 6 nitrogen and oxygen atoms in total. The van der Waals surface area contributed by atoms with Crippen LogP contribution in [0.3, 0.4) is 0 Å². The van der Waals surface area contributed by atoms with Crippen LogP contribution in [0.2, 0.25) is 0 Å². The highest BCUT2D eigenvalue weighted by Gasteiger charge is 2.20. The predicted molar refractivity (Wildman–Crippen MR) is 58.5 cm³/mol. The van der Waals surface area contributed by atoms with Gasteiger partial charge in [-0.3, -0.25) is 4.57 Å². The first-order valence-corrected chi connectivity index (χ1v) is 5.22. The zero-order valence-electron chi connectivity index (χ0n) is 9.44. The molecule has 0 amide bonds. The van der Waals surface area contributed by atoms with Crippen molar-refractivity contribution in [2.75, 3.05) is 11.9 Å². The Labute approximate surface area is 89.5 Å². The molecule has 6 heteroatoms. The molecule has 1 heterocycles. The first-order chi connectivity index (χ1) is 7.11. The first kappa shape index (κ1) is 11.9. The van der Waals surface area contributed by atoms with Gasteiger partial charge in [-0.1, -0.05) is 0 Å². The average Bonchev–Trinajstić information content (AvgIpc) is 2.60. The molecule has 2 unspecified atom stereocenters. The van der Waals surface area contributed by atoms with Gasteiger partial charge in [0.25, 0.3) is 0 Å². The molecule has 4 N–H and O–H groups in total. The van der Waals surface area contributed by atoms with Gasteiger partial charge >= 0.3 is 0 Å². The molecule has 0 bridgehead atoms. The van der Waals surface area contributed by atoms with E-state index in [2.05, 4.69) is 15.5 Å². The van der Waals surface area contributed by atoms with E-state index in [4.69, 9.17) is 5.73 Å². The molecule has 1 aromatic heterocycles. The van der Waals surface area contributed by atoms with Crippen LogP contribution in [-0.2, 0) is 6.54 Å². The lowest BCUT2D eigenvalue weighted by Crippen LogP contribution is -2.27. The topological polar surface area (TPSA) is 89.0 Å². The van der Waals surface area contributed by atoms with Crippen LogP contribution in [-0.4, -0.2) is 32.5 Å². The van der Waals surface area contributed by atoms with Crippen LogP contribution in [0.15, 0.2) is 0 Å². The van der Waals surface area contributed by atoms with Gasteiger partial charge in [-0.25, -0.2) is 0 Å². The van der Waals surface area contributed by atoms with Gasteiger partial charge in [-0.05, 0) is 20.8 Å². The average molecular weight is 213 g/mol. The highest BCUT2D eigenvalue weighted by molar-refractivity contribution is 5.26. The van der Waals surface area contributed by atoms with E-state index in [9.17, 15) is 5.11 Å². The number of hydrogen-bond donors (Lipinski definition) is 3. The fraction of sp³-hybridized carbons (Fsp3) is 0.778. The van der Waals surface area contributed by atoms with Crippen LogP contribution < -0.4 is 11.1 Å². The second-order valence-corrected chi connectivity index (χ2v) is 3.42. The largest absolute Gasteiger partial charge is 0.391 e. The van der Waals surface area contributed by atoms with Gasteiger partial charge in [0, 0.05) is 13.1 Å². The van der Waals surface area contributed by atoms with Crippen molar-refractivity contribution in [3.05, 3.63) is 5.82 Å². The first-order valence-electron chi connectivity index (χ1n) is 5.22. The third-order valence-electron chi connectivity index (χ3n) is 2.25. The Kier molecular flexibility index (Phi) is 4.05. The molecule has 0 fully saturated rings. The number of rotatable bonds is 5. The van der Waals surface area contributed by atoms with Gasteiger partial charge in [0.15, 0.2) is 5.82 Å². The van der Waals surface area contributed by atoms with Crippen molar-refractivity contribution in [1.82, 2.24) is 14.8 Å². The summed E-state index contributed by atoms with van der Waals surface area (Å²) in [5.41, 5.74) is 5.82. The maximum Gasteiger partial charge on any atom is 0.224 e. The van der Waals surface area contributed by atoms with Crippen molar-refractivity contribution >= 4 is 5.95 Å². The van der Waals surface area contributed by atoms with Crippen LogP contribution >= 0.6 is 0 Å². The Morgan fingerprint density at radius 1 is 1.47 bits per heavy atom. The number of aliphatic hydroxyl groups excluding tert-OH is 1. The summed E-state index contributed by atoms with van der Waals surface area (Å²) in [5.74, 6) is 1.31. The number of nitrogens with two attached hydrogens (primary N) is 1. The normalized spacial score (nSPS) is 15.0. The second-order valence-electron chi connectivity index (χ2n) is 3.42. The summed E-state index contributed by atoms with van der Waals surface area (Å²) in [6, 6.07) is -0.496. The minimum absolute atomic E-state index is 0.496. The van der Waals surface area contributed by atoms with Gasteiger partial charge in [0.05, 0.1) is 12.1 Å². The molecule has 0 radical (unpaired) electrons. The molecule has 0 saturated heterocycles. The summed E-state index contributed by atoms with van der Waals surface area (Å²) in [6.07, 6.45) is -0.631. The summed E-state index contributed by atoms with van der Waals surface area (Å²) in [5, 5.41) is 20.5. The maximum atomic E-state index is 9.41. The minimum atomic E-state index is -0.631. The molecule has 2 atom stereocenters. The zero-order chi connectivity index (χ0) is 11.4. The highest BCUT2D eigenvalue weighted by Crippen LogP contribution is 2.15. The van der Waals surface area contributed by atoms with Gasteiger partial charge in [-0.15, -0.1) is 10.2 Å². The van der Waals surface area contributed by atoms with E-state index in [-0.39, 0.29) is 0 Å². The lowest BCUT2D eigenvalue weighted by atomic mass is 10.2. The minimum Gasteiger partial charge on any atom is -0.391 e. The quantitative estimate of drug-likeness (QED) is 0.646. The molecule has 15 heavy (non-hydrogen) atoms. The molecule has 1 aromatic rings. The van der Waals surface area contributed by atoms with E-state index in [0.717, 1.165) is 13.1 Å². The van der Waals surface area contributed by atoms with E-state index >= 15 is 0 Å². The Balaban J connectivity index is 2.98. The molecule has 0 saturated carbocycles. The number of nitrogens with one attached hydrogen (secondary N) is 1. The number of hydrogen-bond acceptors (Lipinski definition) is 5. The van der Waals surface area contributed by atoms with Crippen LogP contribution in [0, 0.1) is 0 Å². The summed E-state index contributed by atoms with van der Waals surface area (Å²) in [7, 11) is 0. The van der Waals surface area contributed by atoms with Crippen molar-refractivity contribution < 1.29 is 5.11 Å². The predicted octanol–water partition coefficient (Wildman–Crippen LogP) is 0.110. The third-order valence-corrected chi connectivity index (χ3v) is 2.25. The molecule has 0 aliphatic heterocycles. The maximum absolute atomic E-state index is 9.41.